The van der Waals surface area contributed by atoms with Crippen LogP contribution in [0.2, 0.25) is 0 Å². The molecule has 1 N–H and O–H groups in total. The van der Waals surface area contributed by atoms with E-state index in [0.717, 1.165) is 28.2 Å². The Kier molecular flexibility index (Phi) is 37.0. The smallest absolute Gasteiger partial charge is 0.129 e. The molecule has 210 valence electrons. The molecule has 1 aromatic rings. The van der Waals surface area contributed by atoms with Crippen LogP contribution in [0, 0.1) is 6.92 Å². The Morgan fingerprint density at radius 3 is 1.83 bits per heavy atom. The Morgan fingerprint density at radius 2 is 1.44 bits per heavy atom. The number of ether oxygens (including phenoxy) is 1. The summed E-state index contributed by atoms with van der Waals surface area (Å²) in [6.45, 7) is 40.5. The lowest BCUT2D eigenvalue weighted by Crippen LogP contribution is -2.46. The van der Waals surface area contributed by atoms with Crippen molar-refractivity contribution in [2.75, 3.05) is 0 Å². The van der Waals surface area contributed by atoms with E-state index in [9.17, 15) is 0 Å². The molecule has 0 atom stereocenters. The van der Waals surface area contributed by atoms with Crippen LogP contribution in [-0.2, 0) is 6.54 Å². The SMILES string of the molecule is C=COc1ccc(CNC(C)(C)C(=NC=NC=C(C)C)C(=C)C)cc1C.CC.CC.CC.CC.CC. The largest absolute Gasteiger partial charge is 0.465 e. The van der Waals surface area contributed by atoms with Crippen LogP contribution >= 0.6 is 0 Å². The van der Waals surface area contributed by atoms with E-state index >= 15 is 0 Å². The van der Waals surface area contributed by atoms with Crippen LogP contribution in [0.5, 0.6) is 5.75 Å². The van der Waals surface area contributed by atoms with Crippen molar-refractivity contribution in [2.24, 2.45) is 9.98 Å². The van der Waals surface area contributed by atoms with E-state index in [2.05, 4.69) is 48.4 Å². The van der Waals surface area contributed by atoms with Gasteiger partial charge < -0.3 is 10.1 Å². The second kappa shape index (κ2) is 30.6. The van der Waals surface area contributed by atoms with E-state index in [1.807, 2.05) is 109 Å². The van der Waals surface area contributed by atoms with Gasteiger partial charge in [-0.2, -0.15) is 0 Å². The molecule has 0 aliphatic carbocycles. The number of hydrogen-bond donors (Lipinski definition) is 1. The Balaban J connectivity index is -0.000000284. The average Bonchev–Trinajstić information content (AvgIpc) is 2.89. The molecule has 36 heavy (non-hydrogen) atoms. The summed E-state index contributed by atoms with van der Waals surface area (Å²) in [7, 11) is 0. The molecule has 0 aliphatic rings. The van der Waals surface area contributed by atoms with Gasteiger partial charge in [0.05, 0.1) is 17.5 Å². The monoisotopic (exact) mass is 503 g/mol. The first-order valence-electron chi connectivity index (χ1n) is 13.7. The summed E-state index contributed by atoms with van der Waals surface area (Å²) in [5.41, 5.74) is 4.83. The number of nitrogens with zero attached hydrogens (tertiary/aromatic N) is 2. The Labute approximate surface area is 226 Å². The first kappa shape index (κ1) is 43.6. The maximum atomic E-state index is 5.37. The third kappa shape index (κ3) is 22.0. The average molecular weight is 504 g/mol. The van der Waals surface area contributed by atoms with Gasteiger partial charge in [-0.3, -0.25) is 0 Å². The molecule has 0 amide bonds. The summed E-state index contributed by atoms with van der Waals surface area (Å²) in [5, 5.41) is 3.56. The molecule has 4 heteroatoms. The molecule has 4 nitrogen and oxygen atoms in total. The summed E-state index contributed by atoms with van der Waals surface area (Å²) in [6.07, 6.45) is 4.80. The van der Waals surface area contributed by atoms with E-state index in [0.29, 0.717) is 6.54 Å². The fourth-order valence-corrected chi connectivity index (χ4v) is 2.53. The molecule has 0 spiro atoms. The van der Waals surface area contributed by atoms with E-state index in [1.165, 1.54) is 11.8 Å². The van der Waals surface area contributed by atoms with Crippen LogP contribution < -0.4 is 10.1 Å². The molecule has 0 heterocycles. The van der Waals surface area contributed by atoms with E-state index in [-0.39, 0.29) is 5.54 Å². The molecule has 1 rings (SSSR count). The van der Waals surface area contributed by atoms with Crippen molar-refractivity contribution in [1.29, 1.82) is 0 Å². The minimum Gasteiger partial charge on any atom is -0.465 e. The van der Waals surface area contributed by atoms with Gasteiger partial charge in [0, 0.05) is 12.7 Å². The molecule has 0 saturated heterocycles. The molecule has 0 aromatic heterocycles. The standard InChI is InChI=1S/C22H31N3O.5C2H6/c1-9-26-20-11-10-19(12-18(20)6)14-25-22(7,8)21(17(4)5)24-15-23-13-16(2)3;5*1-2/h9-13,15,25H,1,4,14H2,2-3,5-8H3;5*1-2H3. The van der Waals surface area contributed by atoms with Gasteiger partial charge in [0.25, 0.3) is 0 Å². The zero-order valence-electron chi connectivity index (χ0n) is 26.9. The van der Waals surface area contributed by atoms with Crippen molar-refractivity contribution in [3.63, 3.8) is 0 Å². The fraction of sp³-hybridized carbons (Fsp3) is 0.562. The number of nitrogens with one attached hydrogen (secondary N) is 1. The second-order valence-corrected chi connectivity index (χ2v) is 7.09. The van der Waals surface area contributed by atoms with Crippen LogP contribution in [0.1, 0.15) is 115 Å². The molecule has 0 radical (unpaired) electrons. The molecular formula is C32H61N3O. The van der Waals surface area contributed by atoms with Crippen LogP contribution in [0.3, 0.4) is 0 Å². The third-order valence-electron chi connectivity index (χ3n) is 3.77. The van der Waals surface area contributed by atoms with Crippen LogP contribution in [0.25, 0.3) is 0 Å². The number of aryl methyl sites for hydroxylation is 1. The third-order valence-corrected chi connectivity index (χ3v) is 3.77. The van der Waals surface area contributed by atoms with Crippen LogP contribution in [0.15, 0.2) is 65.0 Å². The number of hydrogen-bond acceptors (Lipinski definition) is 3. The lowest BCUT2D eigenvalue weighted by atomic mass is 9.93. The number of aliphatic imine (C=N–C) groups is 2. The topological polar surface area (TPSA) is 46.0 Å². The van der Waals surface area contributed by atoms with E-state index < -0.39 is 0 Å². The predicted octanol–water partition coefficient (Wildman–Crippen LogP) is 10.5. The molecule has 0 unspecified atom stereocenters. The number of benzene rings is 1. The van der Waals surface area contributed by atoms with E-state index in [4.69, 9.17) is 4.74 Å². The van der Waals surface area contributed by atoms with Crippen LogP contribution in [0.4, 0.5) is 0 Å². The summed E-state index contributed by atoms with van der Waals surface area (Å²) in [5.74, 6) is 0.822. The van der Waals surface area contributed by atoms with E-state index in [1.54, 1.807) is 12.5 Å². The molecule has 0 bridgehead atoms. The van der Waals surface area contributed by atoms with Crippen molar-refractivity contribution < 1.29 is 4.74 Å². The van der Waals surface area contributed by atoms with Gasteiger partial charge in [-0.15, -0.1) is 0 Å². The van der Waals surface area contributed by atoms with Crippen molar-refractivity contribution >= 4 is 12.1 Å². The lowest BCUT2D eigenvalue weighted by molar-refractivity contribution is 0.478. The highest BCUT2D eigenvalue weighted by atomic mass is 16.5. The second-order valence-electron chi connectivity index (χ2n) is 7.09. The highest BCUT2D eigenvalue weighted by Crippen LogP contribution is 2.20. The maximum Gasteiger partial charge on any atom is 0.129 e. The Morgan fingerprint density at radius 1 is 0.944 bits per heavy atom. The molecule has 0 aliphatic heterocycles. The van der Waals surface area contributed by atoms with Gasteiger partial charge >= 0.3 is 0 Å². The molecule has 0 saturated carbocycles. The van der Waals surface area contributed by atoms with Gasteiger partial charge in [-0.1, -0.05) is 100 Å². The minimum atomic E-state index is -0.340. The van der Waals surface area contributed by atoms with Gasteiger partial charge in [-0.25, -0.2) is 9.98 Å². The Bertz CT molecular complexity index is 738. The summed E-state index contributed by atoms with van der Waals surface area (Å²) >= 11 is 0. The van der Waals surface area contributed by atoms with Gasteiger partial charge in [-0.05, 0) is 64.3 Å². The van der Waals surface area contributed by atoms with Crippen molar-refractivity contribution in [1.82, 2.24) is 5.32 Å². The zero-order valence-corrected chi connectivity index (χ0v) is 26.9. The summed E-state index contributed by atoms with van der Waals surface area (Å²) in [4.78, 5) is 8.72. The molecular weight excluding hydrogens is 442 g/mol. The fourth-order valence-electron chi connectivity index (χ4n) is 2.53. The van der Waals surface area contributed by atoms with Gasteiger partial charge in [0.15, 0.2) is 0 Å². The summed E-state index contributed by atoms with van der Waals surface area (Å²) < 4.78 is 5.37. The first-order valence-corrected chi connectivity index (χ1v) is 13.7. The summed E-state index contributed by atoms with van der Waals surface area (Å²) in [6, 6.07) is 6.11. The number of allylic oxidation sites excluding steroid dienone is 1. The molecule has 0 fully saturated rings. The van der Waals surface area contributed by atoms with Gasteiger partial charge in [0.2, 0.25) is 0 Å². The quantitative estimate of drug-likeness (QED) is 0.207. The Hall–Kier alpha value is -2.46. The molecule has 1 aromatic carbocycles. The highest BCUT2D eigenvalue weighted by molar-refractivity contribution is 6.08. The number of rotatable bonds is 9. The first-order chi connectivity index (χ1) is 17.2. The minimum absolute atomic E-state index is 0.340. The van der Waals surface area contributed by atoms with Gasteiger partial charge in [0.1, 0.15) is 12.1 Å². The van der Waals surface area contributed by atoms with Crippen molar-refractivity contribution in [2.45, 2.75) is 123 Å². The maximum absolute atomic E-state index is 5.37. The van der Waals surface area contributed by atoms with Crippen molar-refractivity contribution in [3.05, 3.63) is 66.1 Å². The normalized spacial score (nSPS) is 9.61. The van der Waals surface area contributed by atoms with Crippen molar-refractivity contribution in [3.8, 4) is 5.75 Å². The zero-order chi connectivity index (χ0) is 29.7. The lowest BCUT2D eigenvalue weighted by Gasteiger charge is -2.28. The predicted molar refractivity (Wildman–Crippen MR) is 170 cm³/mol. The van der Waals surface area contributed by atoms with Crippen LogP contribution in [-0.4, -0.2) is 17.6 Å². The highest BCUT2D eigenvalue weighted by Gasteiger charge is 2.24.